The van der Waals surface area contributed by atoms with Crippen molar-refractivity contribution in [2.24, 2.45) is 5.92 Å². The molecule has 0 atom stereocenters. The Hall–Kier alpha value is -1.36. The van der Waals surface area contributed by atoms with Crippen molar-refractivity contribution in [1.29, 1.82) is 5.26 Å². The largest absolute Gasteiger partial charge is 0.207 e. The monoisotopic (exact) mass is 177 g/mol. The molecule has 13 heavy (non-hydrogen) atoms. The van der Waals surface area contributed by atoms with Gasteiger partial charge in [-0.25, -0.2) is 4.39 Å². The molecule has 0 radical (unpaired) electrons. The van der Waals surface area contributed by atoms with Gasteiger partial charge in [-0.2, -0.15) is 5.26 Å². The van der Waals surface area contributed by atoms with E-state index in [-0.39, 0.29) is 5.82 Å². The first-order valence-electron chi connectivity index (χ1n) is 4.32. The Labute approximate surface area is 77.8 Å². The summed E-state index contributed by atoms with van der Waals surface area (Å²) in [5.74, 6) is 0.140. The summed E-state index contributed by atoms with van der Waals surface area (Å²) in [7, 11) is 0. The maximum atomic E-state index is 12.7. The lowest BCUT2D eigenvalue weighted by Crippen LogP contribution is -1.97. The van der Waals surface area contributed by atoms with Gasteiger partial charge in [0.05, 0.1) is 11.6 Å². The second kappa shape index (κ2) is 4.04. The lowest BCUT2D eigenvalue weighted by atomic mass is 9.98. The van der Waals surface area contributed by atoms with Crippen LogP contribution in [0.3, 0.4) is 0 Å². The zero-order valence-corrected chi connectivity index (χ0v) is 7.84. The molecule has 0 saturated carbocycles. The third kappa shape index (κ3) is 2.55. The maximum absolute atomic E-state index is 12.7. The van der Waals surface area contributed by atoms with Crippen LogP contribution in [0.1, 0.15) is 25.0 Å². The number of halogens is 1. The van der Waals surface area contributed by atoms with E-state index in [1.807, 2.05) is 6.07 Å². The quantitative estimate of drug-likeness (QED) is 0.681. The molecule has 0 aliphatic heterocycles. The van der Waals surface area contributed by atoms with E-state index in [1.54, 1.807) is 6.07 Å². The topological polar surface area (TPSA) is 23.8 Å². The molecular weight excluding hydrogens is 165 g/mol. The molecule has 0 bridgehead atoms. The van der Waals surface area contributed by atoms with E-state index >= 15 is 0 Å². The van der Waals surface area contributed by atoms with Crippen LogP contribution in [0.4, 0.5) is 4.39 Å². The van der Waals surface area contributed by atoms with Crippen molar-refractivity contribution >= 4 is 0 Å². The molecule has 2 heteroatoms. The van der Waals surface area contributed by atoms with Crippen molar-refractivity contribution in [3.63, 3.8) is 0 Å². The van der Waals surface area contributed by atoms with Crippen molar-refractivity contribution < 1.29 is 4.39 Å². The van der Waals surface area contributed by atoms with Gasteiger partial charge < -0.3 is 0 Å². The zero-order valence-electron chi connectivity index (χ0n) is 7.84. The Bertz CT molecular complexity index is 336. The minimum Gasteiger partial charge on any atom is -0.207 e. The van der Waals surface area contributed by atoms with Crippen LogP contribution >= 0.6 is 0 Å². The average Bonchev–Trinajstić information content (AvgIpc) is 2.07. The highest BCUT2D eigenvalue weighted by Crippen LogP contribution is 2.14. The van der Waals surface area contributed by atoms with Crippen LogP contribution in [0, 0.1) is 23.1 Å². The van der Waals surface area contributed by atoms with Gasteiger partial charge in [0, 0.05) is 0 Å². The van der Waals surface area contributed by atoms with Gasteiger partial charge in [-0.1, -0.05) is 19.9 Å². The predicted octanol–water partition coefficient (Wildman–Crippen LogP) is 2.90. The molecule has 0 amide bonds. The molecule has 0 spiro atoms. The van der Waals surface area contributed by atoms with Gasteiger partial charge in [0.15, 0.2) is 0 Å². The summed E-state index contributed by atoms with van der Waals surface area (Å²) in [6.07, 6.45) is 0.823. The van der Waals surface area contributed by atoms with E-state index in [9.17, 15) is 4.39 Å². The molecule has 0 N–H and O–H groups in total. The second-order valence-corrected chi connectivity index (χ2v) is 3.51. The molecule has 68 valence electrons. The van der Waals surface area contributed by atoms with E-state index in [0.717, 1.165) is 12.0 Å². The summed E-state index contributed by atoms with van der Waals surface area (Å²) < 4.78 is 12.7. The fraction of sp³-hybridized carbons (Fsp3) is 0.364. The van der Waals surface area contributed by atoms with Crippen LogP contribution in [-0.2, 0) is 6.42 Å². The van der Waals surface area contributed by atoms with Gasteiger partial charge in [-0.3, -0.25) is 0 Å². The lowest BCUT2D eigenvalue weighted by molar-refractivity contribution is 0.619. The van der Waals surface area contributed by atoms with E-state index in [0.29, 0.717) is 11.5 Å². The number of rotatable bonds is 2. The van der Waals surface area contributed by atoms with Crippen LogP contribution in [0.25, 0.3) is 0 Å². The Morgan fingerprint density at radius 1 is 1.46 bits per heavy atom. The molecule has 0 fully saturated rings. The molecule has 1 aromatic rings. The van der Waals surface area contributed by atoms with Gasteiger partial charge >= 0.3 is 0 Å². The van der Waals surface area contributed by atoms with Crippen molar-refractivity contribution in [2.45, 2.75) is 20.3 Å². The Balaban J connectivity index is 3.01. The van der Waals surface area contributed by atoms with Crippen molar-refractivity contribution in [1.82, 2.24) is 0 Å². The summed E-state index contributed by atoms with van der Waals surface area (Å²) >= 11 is 0. The Morgan fingerprint density at radius 3 is 2.69 bits per heavy atom. The fourth-order valence-corrected chi connectivity index (χ4v) is 1.27. The highest BCUT2D eigenvalue weighted by Gasteiger charge is 2.05. The van der Waals surface area contributed by atoms with E-state index < -0.39 is 0 Å². The SMILES string of the molecule is CC(C)Cc1ccc(F)cc1C#N. The van der Waals surface area contributed by atoms with Crippen LogP contribution in [0.5, 0.6) is 0 Å². The molecule has 0 heterocycles. The third-order valence-electron chi connectivity index (χ3n) is 1.82. The molecule has 0 aromatic heterocycles. The molecule has 0 aliphatic carbocycles. The normalized spacial score (nSPS) is 10.1. The number of hydrogen-bond acceptors (Lipinski definition) is 1. The molecule has 0 aliphatic rings. The molecule has 1 rings (SSSR count). The summed E-state index contributed by atoms with van der Waals surface area (Å²) in [6.45, 7) is 4.15. The molecule has 0 unspecified atom stereocenters. The van der Waals surface area contributed by atoms with Crippen LogP contribution < -0.4 is 0 Å². The average molecular weight is 177 g/mol. The standard InChI is InChI=1S/C11H12FN/c1-8(2)5-9-3-4-11(12)6-10(9)7-13/h3-4,6,8H,5H2,1-2H3. The second-order valence-electron chi connectivity index (χ2n) is 3.51. The molecule has 0 saturated heterocycles. The van der Waals surface area contributed by atoms with Crippen molar-refractivity contribution in [3.8, 4) is 6.07 Å². The maximum Gasteiger partial charge on any atom is 0.124 e. The van der Waals surface area contributed by atoms with Gasteiger partial charge in [0.25, 0.3) is 0 Å². The Kier molecular flexibility index (Phi) is 3.02. The highest BCUT2D eigenvalue weighted by molar-refractivity contribution is 5.38. The van der Waals surface area contributed by atoms with Crippen molar-refractivity contribution in [2.75, 3.05) is 0 Å². The van der Waals surface area contributed by atoms with Gasteiger partial charge in [0.2, 0.25) is 0 Å². The van der Waals surface area contributed by atoms with Gasteiger partial charge in [-0.05, 0) is 30.0 Å². The summed E-state index contributed by atoms with van der Waals surface area (Å²) in [5.41, 5.74) is 1.38. The van der Waals surface area contributed by atoms with Crippen LogP contribution in [0.2, 0.25) is 0 Å². The first-order chi connectivity index (χ1) is 6.13. The number of nitrogens with zero attached hydrogens (tertiary/aromatic N) is 1. The van der Waals surface area contributed by atoms with Crippen LogP contribution in [0.15, 0.2) is 18.2 Å². The smallest absolute Gasteiger partial charge is 0.124 e. The molecular formula is C11H12FN. The first-order valence-corrected chi connectivity index (χ1v) is 4.32. The van der Waals surface area contributed by atoms with Crippen molar-refractivity contribution in [3.05, 3.63) is 35.1 Å². The molecule has 1 aromatic carbocycles. The number of benzene rings is 1. The zero-order chi connectivity index (χ0) is 9.84. The van der Waals surface area contributed by atoms with Gasteiger partial charge in [-0.15, -0.1) is 0 Å². The minimum atomic E-state index is -0.343. The summed E-state index contributed by atoms with van der Waals surface area (Å²) in [6, 6.07) is 6.38. The van der Waals surface area contributed by atoms with E-state index in [1.165, 1.54) is 12.1 Å². The van der Waals surface area contributed by atoms with E-state index in [2.05, 4.69) is 13.8 Å². The third-order valence-corrected chi connectivity index (χ3v) is 1.82. The predicted molar refractivity (Wildman–Crippen MR) is 49.7 cm³/mol. The van der Waals surface area contributed by atoms with E-state index in [4.69, 9.17) is 5.26 Å². The minimum absolute atomic E-state index is 0.343. The van der Waals surface area contributed by atoms with Gasteiger partial charge in [0.1, 0.15) is 5.82 Å². The lowest BCUT2D eigenvalue weighted by Gasteiger charge is -2.06. The van der Waals surface area contributed by atoms with Crippen LogP contribution in [-0.4, -0.2) is 0 Å². The molecule has 1 nitrogen and oxygen atoms in total. The Morgan fingerprint density at radius 2 is 2.15 bits per heavy atom. The number of nitriles is 1. The summed E-state index contributed by atoms with van der Waals surface area (Å²) in [4.78, 5) is 0. The fourth-order valence-electron chi connectivity index (χ4n) is 1.27. The number of hydrogen-bond donors (Lipinski definition) is 0. The first kappa shape index (κ1) is 9.73. The summed E-state index contributed by atoms with van der Waals surface area (Å²) in [5, 5.41) is 8.74. The highest BCUT2D eigenvalue weighted by atomic mass is 19.1.